The number of anilines is 1. The number of nitrogens with one attached hydrogen (secondary N) is 1. The van der Waals surface area contributed by atoms with Crippen molar-refractivity contribution >= 4 is 23.7 Å². The Kier molecular flexibility index (Phi) is 5.08. The average Bonchev–Trinajstić information content (AvgIpc) is 2.37. The molecule has 0 saturated heterocycles. The molecule has 0 radical (unpaired) electrons. The summed E-state index contributed by atoms with van der Waals surface area (Å²) >= 11 is 0. The zero-order valence-electron chi connectivity index (χ0n) is 11.2. The van der Waals surface area contributed by atoms with E-state index < -0.39 is 30.4 Å². The van der Waals surface area contributed by atoms with Crippen LogP contribution in [0.3, 0.4) is 0 Å². The minimum Gasteiger partial charge on any atom is -0.481 e. The summed E-state index contributed by atoms with van der Waals surface area (Å²) in [6, 6.07) is 4.90. The van der Waals surface area contributed by atoms with Gasteiger partial charge in [-0.25, -0.2) is 9.59 Å². The first kappa shape index (κ1) is 15.5. The number of aryl methyl sites for hydroxylation is 1. The van der Waals surface area contributed by atoms with E-state index in [1.165, 1.54) is 11.9 Å². The summed E-state index contributed by atoms with van der Waals surface area (Å²) in [5, 5.41) is 19.6. The molecule has 0 unspecified atom stereocenters. The number of nitrogens with zero attached hydrogens (tertiary/aromatic N) is 1. The summed E-state index contributed by atoms with van der Waals surface area (Å²) in [7, 11) is 1.47. The molecule has 20 heavy (non-hydrogen) atoms. The van der Waals surface area contributed by atoms with Gasteiger partial charge in [-0.2, -0.15) is 0 Å². The third-order valence-corrected chi connectivity index (χ3v) is 2.70. The molecule has 0 fully saturated rings. The standard InChI is InChI=1S/C13H16N2O5/c1-8-3-5-9(6-4-8)15(2)13(20)14-10(12(18)19)7-11(16)17/h3-6,10H,7H2,1-2H3,(H,14,20)(H,16,17)(H,18,19)/t10-/m0/s1. The molecule has 1 rings (SSSR count). The molecular formula is C13H16N2O5. The van der Waals surface area contributed by atoms with Gasteiger partial charge in [-0.05, 0) is 19.1 Å². The zero-order valence-corrected chi connectivity index (χ0v) is 11.2. The van der Waals surface area contributed by atoms with Crippen LogP contribution in [0.15, 0.2) is 24.3 Å². The molecule has 0 spiro atoms. The van der Waals surface area contributed by atoms with Gasteiger partial charge in [-0.3, -0.25) is 9.69 Å². The lowest BCUT2D eigenvalue weighted by atomic mass is 10.2. The minimum atomic E-state index is -1.46. The molecule has 1 aromatic rings. The van der Waals surface area contributed by atoms with Gasteiger partial charge in [-0.1, -0.05) is 17.7 Å². The maximum Gasteiger partial charge on any atom is 0.326 e. The number of benzene rings is 1. The quantitative estimate of drug-likeness (QED) is 0.747. The summed E-state index contributed by atoms with van der Waals surface area (Å²) in [6.45, 7) is 1.90. The van der Waals surface area contributed by atoms with Crippen LogP contribution < -0.4 is 10.2 Å². The molecule has 7 nitrogen and oxygen atoms in total. The number of carboxylic acid groups (broad SMARTS) is 2. The first-order chi connectivity index (χ1) is 9.31. The Bertz CT molecular complexity index is 512. The fourth-order valence-electron chi connectivity index (χ4n) is 1.51. The summed E-state index contributed by atoms with van der Waals surface area (Å²) in [5.41, 5.74) is 1.60. The molecule has 108 valence electrons. The van der Waals surface area contributed by atoms with Crippen molar-refractivity contribution < 1.29 is 24.6 Å². The van der Waals surface area contributed by atoms with Crippen LogP contribution in [0.2, 0.25) is 0 Å². The van der Waals surface area contributed by atoms with Gasteiger partial charge in [0.2, 0.25) is 0 Å². The topological polar surface area (TPSA) is 107 Å². The zero-order chi connectivity index (χ0) is 15.3. The van der Waals surface area contributed by atoms with Gasteiger partial charge in [0, 0.05) is 12.7 Å². The largest absolute Gasteiger partial charge is 0.481 e. The normalized spacial score (nSPS) is 11.5. The van der Waals surface area contributed by atoms with E-state index in [0.29, 0.717) is 5.69 Å². The summed E-state index contributed by atoms with van der Waals surface area (Å²) in [6.07, 6.45) is -0.678. The van der Waals surface area contributed by atoms with Gasteiger partial charge in [0.25, 0.3) is 0 Å². The molecule has 0 aliphatic rings. The molecule has 0 aliphatic carbocycles. The molecular weight excluding hydrogens is 264 g/mol. The third-order valence-electron chi connectivity index (χ3n) is 2.70. The monoisotopic (exact) mass is 280 g/mol. The van der Waals surface area contributed by atoms with Gasteiger partial charge in [0.1, 0.15) is 6.04 Å². The molecule has 0 aromatic heterocycles. The van der Waals surface area contributed by atoms with E-state index in [1.807, 2.05) is 19.1 Å². The number of hydrogen-bond donors (Lipinski definition) is 3. The minimum absolute atomic E-state index is 0.576. The van der Waals surface area contributed by atoms with Crippen molar-refractivity contribution in [1.82, 2.24) is 5.32 Å². The first-order valence-electron chi connectivity index (χ1n) is 5.86. The van der Waals surface area contributed by atoms with Crippen molar-refractivity contribution in [2.24, 2.45) is 0 Å². The predicted molar refractivity (Wildman–Crippen MR) is 71.8 cm³/mol. The highest BCUT2D eigenvalue weighted by Gasteiger charge is 2.24. The Labute approximate surface area is 115 Å². The Morgan fingerprint density at radius 3 is 2.20 bits per heavy atom. The van der Waals surface area contributed by atoms with Crippen LogP contribution in [-0.2, 0) is 9.59 Å². The smallest absolute Gasteiger partial charge is 0.326 e. The lowest BCUT2D eigenvalue weighted by Crippen LogP contribution is -2.47. The molecule has 3 N–H and O–H groups in total. The Morgan fingerprint density at radius 1 is 1.20 bits per heavy atom. The number of urea groups is 1. The van der Waals surface area contributed by atoms with Gasteiger partial charge in [0.05, 0.1) is 6.42 Å². The van der Waals surface area contributed by atoms with Crippen molar-refractivity contribution in [2.75, 3.05) is 11.9 Å². The number of carbonyl (C=O) groups is 3. The van der Waals surface area contributed by atoms with Crippen LogP contribution in [0.25, 0.3) is 0 Å². The van der Waals surface area contributed by atoms with Crippen LogP contribution in [-0.4, -0.2) is 41.3 Å². The van der Waals surface area contributed by atoms with Gasteiger partial charge in [0.15, 0.2) is 0 Å². The number of hydrogen-bond acceptors (Lipinski definition) is 3. The lowest BCUT2D eigenvalue weighted by Gasteiger charge is -2.20. The number of carboxylic acids is 2. The third kappa shape index (κ3) is 4.27. The van der Waals surface area contributed by atoms with E-state index in [-0.39, 0.29) is 0 Å². The number of aliphatic carboxylic acids is 2. The molecule has 0 aliphatic heterocycles. The Balaban J connectivity index is 2.75. The van der Waals surface area contributed by atoms with E-state index in [9.17, 15) is 14.4 Å². The van der Waals surface area contributed by atoms with Crippen molar-refractivity contribution in [1.29, 1.82) is 0 Å². The predicted octanol–water partition coefficient (Wildman–Crippen LogP) is 1.07. The van der Waals surface area contributed by atoms with Gasteiger partial charge in [-0.15, -0.1) is 0 Å². The first-order valence-corrected chi connectivity index (χ1v) is 5.86. The van der Waals surface area contributed by atoms with E-state index in [4.69, 9.17) is 10.2 Å². The van der Waals surface area contributed by atoms with Crippen molar-refractivity contribution in [3.05, 3.63) is 29.8 Å². The molecule has 1 atom stereocenters. The highest BCUT2D eigenvalue weighted by Crippen LogP contribution is 2.13. The highest BCUT2D eigenvalue weighted by atomic mass is 16.4. The lowest BCUT2D eigenvalue weighted by molar-refractivity contribution is -0.145. The van der Waals surface area contributed by atoms with E-state index >= 15 is 0 Å². The van der Waals surface area contributed by atoms with E-state index in [0.717, 1.165) is 5.56 Å². The van der Waals surface area contributed by atoms with Crippen LogP contribution in [0.4, 0.5) is 10.5 Å². The summed E-state index contributed by atoms with van der Waals surface area (Å²) in [5.74, 6) is -2.69. The van der Waals surface area contributed by atoms with Crippen LogP contribution in [0.5, 0.6) is 0 Å². The second-order valence-electron chi connectivity index (χ2n) is 4.33. The van der Waals surface area contributed by atoms with Crippen molar-refractivity contribution in [2.45, 2.75) is 19.4 Å². The van der Waals surface area contributed by atoms with Crippen molar-refractivity contribution in [3.8, 4) is 0 Å². The maximum atomic E-state index is 11.9. The number of carbonyl (C=O) groups excluding carboxylic acids is 1. The fraction of sp³-hybridized carbons (Fsp3) is 0.308. The van der Waals surface area contributed by atoms with Crippen LogP contribution >= 0.6 is 0 Å². The Morgan fingerprint density at radius 2 is 1.75 bits per heavy atom. The van der Waals surface area contributed by atoms with Gasteiger partial charge < -0.3 is 15.5 Å². The Hall–Kier alpha value is -2.57. The molecule has 0 bridgehead atoms. The summed E-state index contributed by atoms with van der Waals surface area (Å²) < 4.78 is 0. The second-order valence-corrected chi connectivity index (χ2v) is 4.33. The number of amides is 2. The fourth-order valence-corrected chi connectivity index (χ4v) is 1.51. The van der Waals surface area contributed by atoms with E-state index in [1.54, 1.807) is 12.1 Å². The highest BCUT2D eigenvalue weighted by molar-refractivity contribution is 5.94. The molecule has 7 heteroatoms. The maximum absolute atomic E-state index is 11.9. The van der Waals surface area contributed by atoms with E-state index in [2.05, 4.69) is 5.32 Å². The van der Waals surface area contributed by atoms with Gasteiger partial charge >= 0.3 is 18.0 Å². The van der Waals surface area contributed by atoms with Crippen LogP contribution in [0, 0.1) is 6.92 Å². The second kappa shape index (κ2) is 6.55. The molecule has 1 aromatic carbocycles. The number of rotatable bonds is 5. The van der Waals surface area contributed by atoms with Crippen LogP contribution in [0.1, 0.15) is 12.0 Å². The van der Waals surface area contributed by atoms with Crippen molar-refractivity contribution in [3.63, 3.8) is 0 Å². The summed E-state index contributed by atoms with van der Waals surface area (Å²) in [4.78, 5) is 34.5. The molecule has 2 amide bonds. The molecule has 0 heterocycles. The average molecular weight is 280 g/mol. The SMILES string of the molecule is Cc1ccc(N(C)C(=O)N[C@@H](CC(=O)O)C(=O)O)cc1. The molecule has 0 saturated carbocycles.